The van der Waals surface area contributed by atoms with Crippen molar-refractivity contribution < 1.29 is 4.74 Å². The van der Waals surface area contributed by atoms with Crippen LogP contribution in [-0.2, 0) is 11.2 Å². The number of fused-ring (bicyclic) bond motifs is 1. The highest BCUT2D eigenvalue weighted by Gasteiger charge is 2.24. The highest BCUT2D eigenvalue weighted by atomic mass is 16.5. The largest absolute Gasteiger partial charge is 0.381 e. The summed E-state index contributed by atoms with van der Waals surface area (Å²) in [6, 6.07) is 10.6. The topological polar surface area (TPSA) is 60.2 Å². The summed E-state index contributed by atoms with van der Waals surface area (Å²) >= 11 is 0. The first-order valence-electron chi connectivity index (χ1n) is 7.25. The number of hydrazine groups is 1. The van der Waals surface area contributed by atoms with Crippen LogP contribution in [0.15, 0.2) is 36.5 Å². The van der Waals surface area contributed by atoms with Crippen molar-refractivity contribution in [3.05, 3.63) is 42.1 Å². The van der Waals surface area contributed by atoms with Crippen molar-refractivity contribution in [2.75, 3.05) is 13.2 Å². The highest BCUT2D eigenvalue weighted by Crippen LogP contribution is 2.23. The molecule has 1 fully saturated rings. The quantitative estimate of drug-likeness (QED) is 0.660. The molecule has 0 saturated carbocycles. The first-order valence-corrected chi connectivity index (χ1v) is 7.25. The average Bonchev–Trinajstić information content (AvgIpc) is 2.53. The molecule has 2 heterocycles. The lowest BCUT2D eigenvalue weighted by Crippen LogP contribution is -2.45. The predicted octanol–water partition coefficient (Wildman–Crippen LogP) is 2.04. The second-order valence-electron chi connectivity index (χ2n) is 5.44. The van der Waals surface area contributed by atoms with Gasteiger partial charge in [-0.2, -0.15) is 0 Å². The van der Waals surface area contributed by atoms with E-state index in [0.29, 0.717) is 5.92 Å². The van der Waals surface area contributed by atoms with Crippen molar-refractivity contribution in [3.63, 3.8) is 0 Å². The fraction of sp³-hybridized carbons (Fsp3) is 0.438. The molecule has 20 heavy (non-hydrogen) atoms. The summed E-state index contributed by atoms with van der Waals surface area (Å²) in [6.45, 7) is 1.68. The molecule has 1 aliphatic rings. The van der Waals surface area contributed by atoms with Gasteiger partial charge in [0.25, 0.3) is 0 Å². The number of nitrogens with one attached hydrogen (secondary N) is 1. The Morgan fingerprint density at radius 3 is 3.05 bits per heavy atom. The van der Waals surface area contributed by atoms with E-state index < -0.39 is 0 Å². The van der Waals surface area contributed by atoms with E-state index in [0.717, 1.165) is 31.6 Å². The lowest BCUT2D eigenvalue weighted by atomic mass is 9.89. The summed E-state index contributed by atoms with van der Waals surface area (Å²) in [6.07, 6.45) is 5.09. The molecule has 0 bridgehead atoms. The Balaban J connectivity index is 1.83. The zero-order valence-electron chi connectivity index (χ0n) is 11.6. The summed E-state index contributed by atoms with van der Waals surface area (Å²) in [5, 5.41) is 1.21. The van der Waals surface area contributed by atoms with Crippen molar-refractivity contribution in [1.82, 2.24) is 10.4 Å². The van der Waals surface area contributed by atoms with Gasteiger partial charge < -0.3 is 4.74 Å². The number of para-hydroxylation sites is 1. The van der Waals surface area contributed by atoms with E-state index in [1.165, 1.54) is 17.4 Å². The molecule has 1 aromatic heterocycles. The molecule has 4 nitrogen and oxygen atoms in total. The molecule has 0 aliphatic carbocycles. The van der Waals surface area contributed by atoms with Gasteiger partial charge in [0, 0.05) is 24.2 Å². The normalized spacial score (nSPS) is 20.9. The maximum absolute atomic E-state index is 5.77. The van der Waals surface area contributed by atoms with E-state index >= 15 is 0 Å². The predicted molar refractivity (Wildman–Crippen MR) is 80.1 cm³/mol. The molecular weight excluding hydrogens is 250 g/mol. The highest BCUT2D eigenvalue weighted by molar-refractivity contribution is 5.81. The van der Waals surface area contributed by atoms with Gasteiger partial charge in [-0.1, -0.05) is 18.2 Å². The molecule has 3 N–H and O–H groups in total. The summed E-state index contributed by atoms with van der Waals surface area (Å²) in [4.78, 5) is 4.41. The third kappa shape index (κ3) is 2.82. The standard InChI is InChI=1S/C16H21N3O/c17-19-16(13-4-3-9-20-11-13)10-12-7-8-18-15-6-2-1-5-14(12)15/h1-2,5-8,13,16,19H,3-4,9-11,17H2. The van der Waals surface area contributed by atoms with E-state index in [1.54, 1.807) is 0 Å². The zero-order chi connectivity index (χ0) is 13.8. The van der Waals surface area contributed by atoms with Crippen LogP contribution < -0.4 is 11.3 Å². The first-order chi connectivity index (χ1) is 9.88. The third-order valence-electron chi connectivity index (χ3n) is 4.16. The summed E-state index contributed by atoms with van der Waals surface area (Å²) < 4.78 is 5.58. The third-order valence-corrected chi connectivity index (χ3v) is 4.16. The van der Waals surface area contributed by atoms with Crippen LogP contribution >= 0.6 is 0 Å². The molecule has 0 amide bonds. The number of rotatable bonds is 4. The van der Waals surface area contributed by atoms with Crippen molar-refractivity contribution in [2.45, 2.75) is 25.3 Å². The van der Waals surface area contributed by atoms with Crippen molar-refractivity contribution in [2.24, 2.45) is 11.8 Å². The van der Waals surface area contributed by atoms with Crippen LogP contribution in [0.3, 0.4) is 0 Å². The number of aromatic nitrogens is 1. The van der Waals surface area contributed by atoms with Gasteiger partial charge in [0.2, 0.25) is 0 Å². The molecule has 0 spiro atoms. The van der Waals surface area contributed by atoms with Gasteiger partial charge >= 0.3 is 0 Å². The smallest absolute Gasteiger partial charge is 0.0704 e. The minimum absolute atomic E-state index is 0.251. The SMILES string of the molecule is NNC(Cc1ccnc2ccccc12)C1CCCOC1. The Kier molecular flexibility index (Phi) is 4.25. The molecule has 3 rings (SSSR count). The fourth-order valence-corrected chi connectivity index (χ4v) is 3.01. The van der Waals surface area contributed by atoms with Gasteiger partial charge in [-0.25, -0.2) is 0 Å². The molecule has 2 aromatic rings. The Morgan fingerprint density at radius 2 is 2.25 bits per heavy atom. The van der Waals surface area contributed by atoms with E-state index in [4.69, 9.17) is 10.6 Å². The molecule has 2 unspecified atom stereocenters. The number of hydrogen-bond donors (Lipinski definition) is 2. The number of hydrogen-bond acceptors (Lipinski definition) is 4. The Hall–Kier alpha value is -1.49. The molecule has 2 atom stereocenters. The van der Waals surface area contributed by atoms with Crippen LogP contribution in [0.5, 0.6) is 0 Å². The van der Waals surface area contributed by atoms with Gasteiger partial charge in [0.05, 0.1) is 12.1 Å². The molecule has 0 radical (unpaired) electrons. The monoisotopic (exact) mass is 271 g/mol. The second-order valence-corrected chi connectivity index (χ2v) is 5.44. The van der Waals surface area contributed by atoms with Crippen molar-refractivity contribution in [3.8, 4) is 0 Å². The Morgan fingerprint density at radius 1 is 1.35 bits per heavy atom. The molecule has 1 saturated heterocycles. The minimum Gasteiger partial charge on any atom is -0.381 e. The van der Waals surface area contributed by atoms with E-state index in [2.05, 4.69) is 28.6 Å². The number of pyridine rings is 1. The average molecular weight is 271 g/mol. The summed E-state index contributed by atoms with van der Waals surface area (Å²) in [5.41, 5.74) is 5.32. The lowest BCUT2D eigenvalue weighted by Gasteiger charge is -2.30. The van der Waals surface area contributed by atoms with Crippen LogP contribution in [0.25, 0.3) is 10.9 Å². The molecular formula is C16H21N3O. The fourth-order valence-electron chi connectivity index (χ4n) is 3.01. The maximum Gasteiger partial charge on any atom is 0.0704 e. The van der Waals surface area contributed by atoms with Crippen LogP contribution in [0.1, 0.15) is 18.4 Å². The minimum atomic E-state index is 0.251. The Labute approximate surface area is 119 Å². The van der Waals surface area contributed by atoms with Crippen LogP contribution in [0.4, 0.5) is 0 Å². The summed E-state index contributed by atoms with van der Waals surface area (Å²) in [7, 11) is 0. The summed E-state index contributed by atoms with van der Waals surface area (Å²) in [5.74, 6) is 6.26. The van der Waals surface area contributed by atoms with Gasteiger partial charge in [0.15, 0.2) is 0 Å². The van der Waals surface area contributed by atoms with Crippen LogP contribution in [0, 0.1) is 5.92 Å². The van der Waals surface area contributed by atoms with Gasteiger partial charge in [-0.05, 0) is 42.9 Å². The zero-order valence-corrected chi connectivity index (χ0v) is 11.6. The van der Waals surface area contributed by atoms with Crippen molar-refractivity contribution in [1.29, 1.82) is 0 Å². The molecule has 4 heteroatoms. The van der Waals surface area contributed by atoms with Gasteiger partial charge in [0.1, 0.15) is 0 Å². The molecule has 1 aromatic carbocycles. The second kappa shape index (κ2) is 6.31. The molecule has 1 aliphatic heterocycles. The van der Waals surface area contributed by atoms with E-state index in [1.807, 2.05) is 18.3 Å². The van der Waals surface area contributed by atoms with Crippen LogP contribution in [0.2, 0.25) is 0 Å². The molecule has 106 valence electrons. The number of ether oxygens (including phenoxy) is 1. The number of benzene rings is 1. The van der Waals surface area contributed by atoms with Crippen molar-refractivity contribution >= 4 is 10.9 Å². The maximum atomic E-state index is 5.77. The van der Waals surface area contributed by atoms with Gasteiger partial charge in [-0.15, -0.1) is 0 Å². The van der Waals surface area contributed by atoms with Crippen LogP contribution in [-0.4, -0.2) is 24.2 Å². The van der Waals surface area contributed by atoms with E-state index in [-0.39, 0.29) is 6.04 Å². The lowest BCUT2D eigenvalue weighted by molar-refractivity contribution is 0.0393. The number of nitrogens with zero attached hydrogens (tertiary/aromatic N) is 1. The van der Waals surface area contributed by atoms with Gasteiger partial charge in [-0.3, -0.25) is 16.3 Å². The Bertz CT molecular complexity index is 561. The number of nitrogens with two attached hydrogens (primary N) is 1. The first kappa shape index (κ1) is 13.5. The van der Waals surface area contributed by atoms with E-state index in [9.17, 15) is 0 Å².